The van der Waals surface area contributed by atoms with Crippen LogP contribution in [0.25, 0.3) is 0 Å². The van der Waals surface area contributed by atoms with Crippen LogP contribution in [0.1, 0.15) is 108 Å². The van der Waals surface area contributed by atoms with Crippen LogP contribution >= 0.6 is 0 Å². The summed E-state index contributed by atoms with van der Waals surface area (Å²) in [4.78, 5) is 0. The van der Waals surface area contributed by atoms with Crippen molar-refractivity contribution in [2.24, 2.45) is 22.7 Å². The lowest BCUT2D eigenvalue weighted by molar-refractivity contribution is 0.136. The second-order valence-corrected chi connectivity index (χ2v) is 13.7. The Morgan fingerprint density at radius 2 is 1.25 bits per heavy atom. The quantitative estimate of drug-likeness (QED) is 0.286. The van der Waals surface area contributed by atoms with Gasteiger partial charge >= 0.3 is 0 Å². The minimum absolute atomic E-state index is 0.283. The van der Waals surface area contributed by atoms with E-state index in [1.807, 2.05) is 0 Å². The molecule has 36 heavy (non-hydrogen) atoms. The highest BCUT2D eigenvalue weighted by Gasteiger charge is 2.46. The van der Waals surface area contributed by atoms with Crippen LogP contribution in [0, 0.1) is 22.7 Å². The summed E-state index contributed by atoms with van der Waals surface area (Å²) in [6, 6.07) is 32.2. The zero-order chi connectivity index (χ0) is 25.9. The van der Waals surface area contributed by atoms with Crippen LogP contribution in [-0.2, 0) is 6.42 Å². The van der Waals surface area contributed by atoms with Gasteiger partial charge in [0, 0.05) is 0 Å². The Labute approximate surface area is 221 Å². The van der Waals surface area contributed by atoms with Crippen LogP contribution in [0.5, 0.6) is 0 Å². The van der Waals surface area contributed by atoms with Gasteiger partial charge in [0.25, 0.3) is 0 Å². The Morgan fingerprint density at radius 3 is 1.83 bits per heavy atom. The van der Waals surface area contributed by atoms with Gasteiger partial charge < -0.3 is 0 Å². The minimum Gasteiger partial charge on any atom is -0.0628 e. The zero-order valence-corrected chi connectivity index (χ0v) is 23.8. The fraction of sp³-hybridized carbons (Fsp3) is 0.500. The lowest BCUT2D eigenvalue weighted by Crippen LogP contribution is -2.32. The molecule has 0 amide bonds. The van der Waals surface area contributed by atoms with Crippen molar-refractivity contribution in [1.29, 1.82) is 0 Å². The monoisotopic (exact) mass is 480 g/mol. The van der Waals surface area contributed by atoms with E-state index in [-0.39, 0.29) is 10.8 Å². The van der Waals surface area contributed by atoms with Crippen molar-refractivity contribution in [2.45, 2.75) is 91.9 Å². The van der Waals surface area contributed by atoms with Crippen LogP contribution in [0.15, 0.2) is 84.9 Å². The fourth-order valence-corrected chi connectivity index (χ4v) is 7.39. The minimum atomic E-state index is 0.283. The second-order valence-electron chi connectivity index (χ2n) is 13.7. The molecule has 3 aromatic rings. The molecule has 0 N–H and O–H groups in total. The van der Waals surface area contributed by atoms with Gasteiger partial charge in [-0.1, -0.05) is 133 Å². The van der Waals surface area contributed by atoms with Crippen molar-refractivity contribution in [3.8, 4) is 0 Å². The molecule has 0 saturated carbocycles. The summed E-state index contributed by atoms with van der Waals surface area (Å²) < 4.78 is 0. The molecule has 4 rings (SSSR count). The third kappa shape index (κ3) is 6.31. The maximum atomic E-state index is 2.54. The summed E-state index contributed by atoms with van der Waals surface area (Å²) >= 11 is 0. The van der Waals surface area contributed by atoms with Crippen LogP contribution in [0.4, 0.5) is 0 Å². The molecular weight excluding hydrogens is 432 g/mol. The number of benzene rings is 3. The first-order valence-corrected chi connectivity index (χ1v) is 14.2. The summed E-state index contributed by atoms with van der Waals surface area (Å²) in [5.74, 6) is 2.94. The molecule has 0 fully saturated rings. The lowest BCUT2D eigenvalue weighted by Gasteiger charge is -2.42. The zero-order valence-electron chi connectivity index (χ0n) is 23.8. The topological polar surface area (TPSA) is 0 Å². The highest BCUT2D eigenvalue weighted by Crippen LogP contribution is 2.57. The van der Waals surface area contributed by atoms with Crippen LogP contribution in [0.3, 0.4) is 0 Å². The van der Waals surface area contributed by atoms with E-state index in [1.165, 1.54) is 36.8 Å². The highest BCUT2D eigenvalue weighted by atomic mass is 14.5. The predicted octanol–water partition coefficient (Wildman–Crippen LogP) is 10.4. The van der Waals surface area contributed by atoms with Gasteiger partial charge in [0.05, 0.1) is 0 Å². The van der Waals surface area contributed by atoms with Gasteiger partial charge in [0.1, 0.15) is 0 Å². The lowest BCUT2D eigenvalue weighted by atomic mass is 9.62. The molecule has 0 bridgehead atoms. The normalized spacial score (nSPS) is 19.8. The summed E-state index contributed by atoms with van der Waals surface area (Å²) in [5, 5.41) is 0. The standard InChI is InChI=1S/C36H48/c1-26(2)24-36(6,7)33-23-29-20-14-15-21-31(29)34(33)32(28-18-12-9-13-19-28)22-30(25-35(3,4)5)27-16-10-8-11-17-27/h8-21,26,30,32-34H,22-25H2,1-7H3. The molecule has 0 heterocycles. The van der Waals surface area contributed by atoms with Gasteiger partial charge in [-0.2, -0.15) is 0 Å². The Morgan fingerprint density at radius 1 is 0.694 bits per heavy atom. The molecule has 4 unspecified atom stereocenters. The van der Waals surface area contributed by atoms with Crippen molar-refractivity contribution in [3.05, 3.63) is 107 Å². The molecule has 0 nitrogen and oxygen atoms in total. The van der Waals surface area contributed by atoms with Crippen molar-refractivity contribution in [2.75, 3.05) is 0 Å². The van der Waals surface area contributed by atoms with Gasteiger partial charge in [-0.25, -0.2) is 0 Å². The molecule has 0 saturated heterocycles. The molecule has 0 radical (unpaired) electrons. The number of hydrogen-bond donors (Lipinski definition) is 0. The van der Waals surface area contributed by atoms with E-state index in [2.05, 4.69) is 133 Å². The Hall–Kier alpha value is -2.34. The third-order valence-corrected chi connectivity index (χ3v) is 8.56. The van der Waals surface area contributed by atoms with E-state index in [0.717, 1.165) is 0 Å². The van der Waals surface area contributed by atoms with Crippen molar-refractivity contribution in [3.63, 3.8) is 0 Å². The fourth-order valence-electron chi connectivity index (χ4n) is 7.39. The van der Waals surface area contributed by atoms with E-state index >= 15 is 0 Å². The first-order valence-electron chi connectivity index (χ1n) is 14.2. The van der Waals surface area contributed by atoms with Gasteiger partial charge in [-0.05, 0) is 88.4 Å². The Balaban J connectivity index is 1.82. The molecule has 1 aliphatic rings. The summed E-state index contributed by atoms with van der Waals surface area (Å²) in [6.07, 6.45) is 4.88. The molecule has 3 aromatic carbocycles. The van der Waals surface area contributed by atoms with E-state index < -0.39 is 0 Å². The third-order valence-electron chi connectivity index (χ3n) is 8.56. The largest absolute Gasteiger partial charge is 0.0628 e. The Bertz CT molecular complexity index is 1080. The molecule has 0 heteroatoms. The van der Waals surface area contributed by atoms with Gasteiger partial charge in [-0.15, -0.1) is 0 Å². The van der Waals surface area contributed by atoms with Crippen molar-refractivity contribution >= 4 is 0 Å². The first kappa shape index (κ1) is 26.7. The SMILES string of the molecule is CC(C)CC(C)(C)C1Cc2ccccc2C1C(CC(CC(C)(C)C)c1ccccc1)c1ccccc1. The van der Waals surface area contributed by atoms with Crippen LogP contribution in [0.2, 0.25) is 0 Å². The van der Waals surface area contributed by atoms with Crippen LogP contribution < -0.4 is 0 Å². The van der Waals surface area contributed by atoms with Gasteiger partial charge in [0.15, 0.2) is 0 Å². The molecule has 0 aromatic heterocycles. The maximum Gasteiger partial charge on any atom is -0.00535 e. The highest BCUT2D eigenvalue weighted by molar-refractivity contribution is 5.41. The van der Waals surface area contributed by atoms with Gasteiger partial charge in [0.2, 0.25) is 0 Å². The second kappa shape index (κ2) is 11.0. The summed E-state index contributed by atoms with van der Waals surface area (Å²) in [7, 11) is 0. The first-order chi connectivity index (χ1) is 17.0. The molecule has 1 aliphatic carbocycles. The summed E-state index contributed by atoms with van der Waals surface area (Å²) in [6.45, 7) is 17.1. The smallest absolute Gasteiger partial charge is 0.00535 e. The summed E-state index contributed by atoms with van der Waals surface area (Å²) in [5.41, 5.74) is 6.77. The van der Waals surface area contributed by atoms with Crippen LogP contribution in [-0.4, -0.2) is 0 Å². The van der Waals surface area contributed by atoms with E-state index in [0.29, 0.717) is 29.6 Å². The average molecular weight is 481 g/mol. The molecule has 4 atom stereocenters. The van der Waals surface area contributed by atoms with E-state index in [9.17, 15) is 0 Å². The van der Waals surface area contributed by atoms with E-state index in [1.54, 1.807) is 11.1 Å². The molecular formula is C36H48. The average Bonchev–Trinajstić information content (AvgIpc) is 3.22. The van der Waals surface area contributed by atoms with Crippen molar-refractivity contribution in [1.82, 2.24) is 0 Å². The Kier molecular flexibility index (Phi) is 8.13. The van der Waals surface area contributed by atoms with Gasteiger partial charge in [-0.3, -0.25) is 0 Å². The van der Waals surface area contributed by atoms with Crippen molar-refractivity contribution < 1.29 is 0 Å². The molecule has 0 spiro atoms. The van der Waals surface area contributed by atoms with E-state index in [4.69, 9.17) is 0 Å². The molecule has 0 aliphatic heterocycles. The number of hydrogen-bond acceptors (Lipinski definition) is 0. The molecule has 192 valence electrons. The number of fused-ring (bicyclic) bond motifs is 1. The maximum absolute atomic E-state index is 2.54. The number of rotatable bonds is 9. The predicted molar refractivity (Wildman–Crippen MR) is 157 cm³/mol.